The van der Waals surface area contributed by atoms with Gasteiger partial charge in [0.05, 0.1) is 15.9 Å². The van der Waals surface area contributed by atoms with Gasteiger partial charge in [-0.25, -0.2) is 14.4 Å². The van der Waals surface area contributed by atoms with Crippen LogP contribution in [0.5, 0.6) is 0 Å². The third-order valence-electron chi connectivity index (χ3n) is 3.44. The van der Waals surface area contributed by atoms with Gasteiger partial charge in [-0.1, -0.05) is 13.8 Å². The molecule has 0 saturated carbocycles. The Labute approximate surface area is 125 Å². The largest absolute Gasteiger partial charge is 0.258 e. The second kappa shape index (κ2) is 5.05. The number of allylic oxidation sites excluding steroid dienone is 1. The predicted octanol–water partition coefficient (Wildman–Crippen LogP) is 4.10. The van der Waals surface area contributed by atoms with Gasteiger partial charge in [-0.2, -0.15) is 0 Å². The van der Waals surface area contributed by atoms with Crippen LogP contribution in [0.15, 0.2) is 43.3 Å². The third kappa shape index (κ3) is 2.16. The van der Waals surface area contributed by atoms with Crippen molar-refractivity contribution < 1.29 is 4.39 Å². The van der Waals surface area contributed by atoms with Gasteiger partial charge in [0.25, 0.3) is 0 Å². The molecule has 20 heavy (non-hydrogen) atoms. The molecule has 0 aromatic heterocycles. The summed E-state index contributed by atoms with van der Waals surface area (Å²) in [5.74, 6) is 0.304. The molecule has 0 fully saturated rings. The zero-order valence-corrected chi connectivity index (χ0v) is 12.7. The van der Waals surface area contributed by atoms with Gasteiger partial charge in [0.1, 0.15) is 17.9 Å². The number of benzene rings is 1. The molecule has 0 saturated heterocycles. The van der Waals surface area contributed by atoms with Gasteiger partial charge < -0.3 is 0 Å². The lowest BCUT2D eigenvalue weighted by Gasteiger charge is -2.22. The summed E-state index contributed by atoms with van der Waals surface area (Å²) in [6, 6.07) is 4.85. The van der Waals surface area contributed by atoms with E-state index in [9.17, 15) is 4.39 Å². The zero-order chi connectivity index (χ0) is 14.3. The summed E-state index contributed by atoms with van der Waals surface area (Å²) in [6.45, 7) is 4.27. The Balaban J connectivity index is 2.09. The normalized spacial score (nSPS) is 20.6. The first kappa shape index (κ1) is 13.4. The van der Waals surface area contributed by atoms with Gasteiger partial charge in [-0.05, 0) is 40.0 Å². The molecule has 5 heteroatoms. The number of halogens is 2. The lowest BCUT2D eigenvalue weighted by atomic mass is 9.87. The fraction of sp³-hybridized carbons (Fsp3) is 0.267. The van der Waals surface area contributed by atoms with E-state index in [1.165, 1.54) is 6.07 Å². The lowest BCUT2D eigenvalue weighted by molar-refractivity contribution is 0.609. The van der Waals surface area contributed by atoms with Crippen molar-refractivity contribution in [3.63, 3.8) is 0 Å². The maximum atomic E-state index is 13.3. The lowest BCUT2D eigenvalue weighted by Crippen LogP contribution is -2.25. The van der Waals surface area contributed by atoms with E-state index in [0.717, 1.165) is 22.7 Å². The number of hydrogen-bond donors (Lipinski definition) is 0. The van der Waals surface area contributed by atoms with E-state index in [0.29, 0.717) is 10.4 Å². The fourth-order valence-electron chi connectivity index (χ4n) is 2.33. The molecule has 1 aromatic rings. The van der Waals surface area contributed by atoms with E-state index in [1.54, 1.807) is 18.5 Å². The SMILES string of the molecule is CC(C)C1C=NC(c2ccc(F)c(Br)c2)=C2N=CN=C21. The summed E-state index contributed by atoms with van der Waals surface area (Å²) in [5, 5.41) is 0. The number of aliphatic imine (C=N–C) groups is 3. The average Bonchev–Trinajstić information content (AvgIpc) is 2.89. The molecule has 102 valence electrons. The number of rotatable bonds is 2. The van der Waals surface area contributed by atoms with Crippen LogP contribution in [0.25, 0.3) is 5.70 Å². The Bertz CT molecular complexity index is 686. The van der Waals surface area contributed by atoms with Crippen LogP contribution in [0.4, 0.5) is 4.39 Å². The molecule has 2 heterocycles. The minimum atomic E-state index is -0.289. The zero-order valence-electron chi connectivity index (χ0n) is 11.1. The highest BCUT2D eigenvalue weighted by atomic mass is 79.9. The second-order valence-corrected chi connectivity index (χ2v) is 5.99. The first-order valence-electron chi connectivity index (χ1n) is 6.42. The smallest absolute Gasteiger partial charge is 0.137 e. The summed E-state index contributed by atoms with van der Waals surface area (Å²) in [5.41, 5.74) is 3.32. The van der Waals surface area contributed by atoms with Crippen LogP contribution in [0.1, 0.15) is 19.4 Å². The van der Waals surface area contributed by atoms with Gasteiger partial charge in [0.15, 0.2) is 0 Å². The maximum Gasteiger partial charge on any atom is 0.137 e. The average molecular weight is 334 g/mol. The van der Waals surface area contributed by atoms with Crippen molar-refractivity contribution in [2.24, 2.45) is 26.8 Å². The first-order valence-corrected chi connectivity index (χ1v) is 7.21. The number of fused-ring (bicyclic) bond motifs is 1. The molecule has 0 bridgehead atoms. The number of hydrogen-bond acceptors (Lipinski definition) is 3. The van der Waals surface area contributed by atoms with Crippen molar-refractivity contribution in [2.45, 2.75) is 13.8 Å². The molecule has 0 N–H and O–H groups in total. The molecule has 0 aliphatic carbocycles. The van der Waals surface area contributed by atoms with Crippen molar-refractivity contribution in [3.8, 4) is 0 Å². The highest BCUT2D eigenvalue weighted by Crippen LogP contribution is 2.33. The quantitative estimate of drug-likeness (QED) is 0.781. The predicted molar refractivity (Wildman–Crippen MR) is 83.8 cm³/mol. The van der Waals surface area contributed by atoms with Crippen molar-refractivity contribution in [3.05, 3.63) is 39.7 Å². The Morgan fingerprint density at radius 3 is 2.70 bits per heavy atom. The topological polar surface area (TPSA) is 37.1 Å². The number of nitrogens with zero attached hydrogens (tertiary/aromatic N) is 3. The Kier molecular flexibility index (Phi) is 3.38. The molecule has 1 aromatic carbocycles. The van der Waals surface area contributed by atoms with Gasteiger partial charge in [-0.15, -0.1) is 0 Å². The first-order chi connectivity index (χ1) is 9.58. The standard InChI is InChI=1S/C15H13BrFN3/c1-8(2)10-6-18-13(15-14(10)19-7-20-15)9-3-4-12(17)11(16)5-9/h3-8,10H,1-2H3. The van der Waals surface area contributed by atoms with E-state index in [4.69, 9.17) is 0 Å². The second-order valence-electron chi connectivity index (χ2n) is 5.13. The highest BCUT2D eigenvalue weighted by molar-refractivity contribution is 9.10. The van der Waals surface area contributed by atoms with Crippen LogP contribution in [-0.4, -0.2) is 18.3 Å². The molecular weight excluding hydrogens is 321 g/mol. The molecule has 0 spiro atoms. The van der Waals surface area contributed by atoms with Crippen LogP contribution in [0, 0.1) is 17.7 Å². The summed E-state index contributed by atoms with van der Waals surface area (Å²) in [6.07, 6.45) is 3.47. The van der Waals surface area contributed by atoms with Gasteiger partial charge in [-0.3, -0.25) is 4.99 Å². The Morgan fingerprint density at radius 1 is 1.20 bits per heavy atom. The summed E-state index contributed by atoms with van der Waals surface area (Å²) < 4.78 is 13.8. The van der Waals surface area contributed by atoms with Crippen LogP contribution in [-0.2, 0) is 0 Å². The van der Waals surface area contributed by atoms with E-state index in [1.807, 2.05) is 6.21 Å². The van der Waals surface area contributed by atoms with E-state index >= 15 is 0 Å². The fourth-order valence-corrected chi connectivity index (χ4v) is 2.71. The molecule has 2 aliphatic heterocycles. The van der Waals surface area contributed by atoms with Crippen LogP contribution in [0.2, 0.25) is 0 Å². The van der Waals surface area contributed by atoms with Crippen molar-refractivity contribution in [1.29, 1.82) is 0 Å². The molecule has 2 aliphatic rings. The van der Waals surface area contributed by atoms with Gasteiger partial charge >= 0.3 is 0 Å². The molecule has 1 unspecified atom stereocenters. The molecule has 3 rings (SSSR count). The molecule has 1 atom stereocenters. The van der Waals surface area contributed by atoms with Crippen LogP contribution < -0.4 is 0 Å². The molecule has 0 amide bonds. The van der Waals surface area contributed by atoms with Gasteiger partial charge in [0.2, 0.25) is 0 Å². The third-order valence-corrected chi connectivity index (χ3v) is 4.05. The van der Waals surface area contributed by atoms with Crippen molar-refractivity contribution in [1.82, 2.24) is 0 Å². The molecule has 3 nitrogen and oxygen atoms in total. The van der Waals surface area contributed by atoms with Crippen molar-refractivity contribution >= 4 is 39.9 Å². The molecular formula is C15H13BrFN3. The highest BCUT2D eigenvalue weighted by Gasteiger charge is 2.29. The van der Waals surface area contributed by atoms with Crippen LogP contribution >= 0.6 is 15.9 Å². The minimum Gasteiger partial charge on any atom is -0.258 e. The summed E-state index contributed by atoms with van der Waals surface area (Å²) in [4.78, 5) is 13.2. The monoisotopic (exact) mass is 333 g/mol. The van der Waals surface area contributed by atoms with Crippen molar-refractivity contribution in [2.75, 3.05) is 0 Å². The Morgan fingerprint density at radius 2 is 2.00 bits per heavy atom. The maximum absolute atomic E-state index is 13.3. The minimum absolute atomic E-state index is 0.181. The summed E-state index contributed by atoms with van der Waals surface area (Å²) in [7, 11) is 0. The van der Waals surface area contributed by atoms with E-state index < -0.39 is 0 Å². The molecule has 0 radical (unpaired) electrons. The van der Waals surface area contributed by atoms with Gasteiger partial charge in [0, 0.05) is 17.7 Å². The van der Waals surface area contributed by atoms with E-state index in [-0.39, 0.29) is 11.7 Å². The Hall–Kier alpha value is -1.62. The summed E-state index contributed by atoms with van der Waals surface area (Å²) >= 11 is 3.20. The van der Waals surface area contributed by atoms with Crippen LogP contribution in [0.3, 0.4) is 0 Å². The van der Waals surface area contributed by atoms with E-state index in [2.05, 4.69) is 44.8 Å².